The van der Waals surface area contributed by atoms with Crippen LogP contribution in [-0.2, 0) is 6.18 Å². The van der Waals surface area contributed by atoms with Crippen LogP contribution < -0.4 is 5.73 Å². The minimum atomic E-state index is -4.38. The largest absolute Gasteiger partial charge is 0.443 e. The molecule has 0 saturated heterocycles. The van der Waals surface area contributed by atoms with Crippen molar-refractivity contribution in [2.24, 2.45) is 17.1 Å². The van der Waals surface area contributed by atoms with E-state index in [1.165, 1.54) is 6.20 Å². The van der Waals surface area contributed by atoms with Crippen LogP contribution >= 0.6 is 11.3 Å². The van der Waals surface area contributed by atoms with Gasteiger partial charge < -0.3 is 5.73 Å². The number of aromatic nitrogens is 1. The van der Waals surface area contributed by atoms with E-state index in [1.54, 1.807) is 0 Å². The van der Waals surface area contributed by atoms with E-state index in [4.69, 9.17) is 5.73 Å². The standard InChI is InChI=1S/C12H19F3N2S/c1-7(11(2,3)4)5-8(16)9-6-17-10(18-9)12(13,14)15/h6-8H,5,16H2,1-4H3. The van der Waals surface area contributed by atoms with Crippen LogP contribution in [0.1, 0.15) is 50.0 Å². The average Bonchev–Trinajstić information content (AvgIpc) is 2.63. The predicted octanol–water partition coefficient (Wildman–Crippen LogP) is 4.23. The van der Waals surface area contributed by atoms with Gasteiger partial charge in [-0.25, -0.2) is 4.98 Å². The molecule has 1 heterocycles. The van der Waals surface area contributed by atoms with Gasteiger partial charge in [0.25, 0.3) is 0 Å². The molecule has 1 aromatic rings. The third-order valence-electron chi connectivity index (χ3n) is 3.22. The zero-order valence-electron chi connectivity index (χ0n) is 11.0. The summed E-state index contributed by atoms with van der Waals surface area (Å²) in [6.45, 7) is 8.35. The summed E-state index contributed by atoms with van der Waals surface area (Å²) in [5, 5.41) is -0.823. The summed E-state index contributed by atoms with van der Waals surface area (Å²) in [5.41, 5.74) is 6.04. The molecule has 18 heavy (non-hydrogen) atoms. The van der Waals surface area contributed by atoms with Crippen LogP contribution in [0.25, 0.3) is 0 Å². The van der Waals surface area contributed by atoms with Gasteiger partial charge in [-0.15, -0.1) is 11.3 Å². The lowest BCUT2D eigenvalue weighted by Crippen LogP contribution is -2.22. The third-order valence-corrected chi connectivity index (χ3v) is 4.39. The van der Waals surface area contributed by atoms with E-state index in [9.17, 15) is 13.2 Å². The second-order valence-corrected chi connectivity index (χ2v) is 6.74. The van der Waals surface area contributed by atoms with E-state index in [1.807, 2.05) is 0 Å². The molecule has 0 aliphatic carbocycles. The summed E-state index contributed by atoms with van der Waals surface area (Å²) in [5.74, 6) is 0.323. The Morgan fingerprint density at radius 3 is 2.28 bits per heavy atom. The van der Waals surface area contributed by atoms with Crippen molar-refractivity contribution < 1.29 is 13.2 Å². The van der Waals surface area contributed by atoms with Gasteiger partial charge in [-0.2, -0.15) is 13.2 Å². The lowest BCUT2D eigenvalue weighted by molar-refractivity contribution is -0.137. The van der Waals surface area contributed by atoms with Gasteiger partial charge in [0, 0.05) is 17.1 Å². The molecule has 0 radical (unpaired) electrons. The van der Waals surface area contributed by atoms with Crippen molar-refractivity contribution in [3.05, 3.63) is 16.1 Å². The molecule has 0 aliphatic heterocycles. The Kier molecular flexibility index (Phi) is 4.43. The first-order valence-corrected chi connectivity index (χ1v) is 6.62. The van der Waals surface area contributed by atoms with Gasteiger partial charge in [0.2, 0.25) is 0 Å². The number of thiazole rings is 1. The van der Waals surface area contributed by atoms with Crippen molar-refractivity contribution in [1.82, 2.24) is 4.98 Å². The molecule has 1 rings (SSSR count). The summed E-state index contributed by atoms with van der Waals surface area (Å²) >= 11 is 0.639. The number of rotatable bonds is 3. The Hall–Kier alpha value is -0.620. The molecule has 104 valence electrons. The SMILES string of the molecule is CC(CC(N)c1cnc(C(F)(F)F)s1)C(C)(C)C. The fourth-order valence-electron chi connectivity index (χ4n) is 1.44. The summed E-state index contributed by atoms with van der Waals surface area (Å²) in [6, 6.07) is -0.382. The maximum absolute atomic E-state index is 12.4. The molecule has 0 bridgehead atoms. The van der Waals surface area contributed by atoms with Crippen molar-refractivity contribution in [3.63, 3.8) is 0 Å². The van der Waals surface area contributed by atoms with Gasteiger partial charge in [0.05, 0.1) is 0 Å². The second kappa shape index (κ2) is 5.17. The Morgan fingerprint density at radius 2 is 1.89 bits per heavy atom. The van der Waals surface area contributed by atoms with E-state index >= 15 is 0 Å². The zero-order chi connectivity index (χ0) is 14.1. The Labute approximate surface area is 109 Å². The fourth-order valence-corrected chi connectivity index (χ4v) is 2.24. The minimum Gasteiger partial charge on any atom is -0.323 e. The summed E-state index contributed by atoms with van der Waals surface area (Å²) < 4.78 is 37.3. The van der Waals surface area contributed by atoms with Gasteiger partial charge in [-0.1, -0.05) is 27.7 Å². The van der Waals surface area contributed by atoms with Crippen LogP contribution in [0.5, 0.6) is 0 Å². The number of nitrogens with zero attached hydrogens (tertiary/aromatic N) is 1. The lowest BCUT2D eigenvalue weighted by Gasteiger charge is -2.29. The smallest absolute Gasteiger partial charge is 0.323 e. The first kappa shape index (κ1) is 15.4. The van der Waals surface area contributed by atoms with Gasteiger partial charge in [0.15, 0.2) is 5.01 Å². The Morgan fingerprint density at radius 1 is 1.33 bits per heavy atom. The predicted molar refractivity (Wildman–Crippen MR) is 67.3 cm³/mol. The van der Waals surface area contributed by atoms with E-state index in [2.05, 4.69) is 32.7 Å². The summed E-state index contributed by atoms with van der Waals surface area (Å²) in [7, 11) is 0. The maximum atomic E-state index is 12.4. The van der Waals surface area contributed by atoms with Crippen molar-refractivity contribution in [2.75, 3.05) is 0 Å². The van der Waals surface area contributed by atoms with Crippen molar-refractivity contribution in [1.29, 1.82) is 0 Å². The molecular weight excluding hydrogens is 261 g/mol. The number of alkyl halides is 3. The highest BCUT2D eigenvalue weighted by Gasteiger charge is 2.35. The molecule has 1 aromatic heterocycles. The van der Waals surface area contributed by atoms with Crippen LogP contribution in [0.15, 0.2) is 6.20 Å². The average molecular weight is 280 g/mol. The van der Waals surface area contributed by atoms with Crippen molar-refractivity contribution >= 4 is 11.3 Å². The molecule has 0 amide bonds. The number of nitrogens with two attached hydrogens (primary N) is 1. The maximum Gasteiger partial charge on any atom is 0.443 e. The first-order valence-electron chi connectivity index (χ1n) is 5.80. The lowest BCUT2D eigenvalue weighted by atomic mass is 9.78. The Bertz CT molecular complexity index is 393. The van der Waals surface area contributed by atoms with E-state index in [0.717, 1.165) is 0 Å². The minimum absolute atomic E-state index is 0.0924. The highest BCUT2D eigenvalue weighted by atomic mass is 32.1. The number of hydrogen-bond acceptors (Lipinski definition) is 3. The van der Waals surface area contributed by atoms with E-state index in [0.29, 0.717) is 28.6 Å². The summed E-state index contributed by atoms with van der Waals surface area (Å²) in [6.07, 6.45) is -2.48. The first-order chi connectivity index (χ1) is 8.01. The van der Waals surface area contributed by atoms with Crippen molar-refractivity contribution in [3.8, 4) is 0 Å². The van der Waals surface area contributed by atoms with Gasteiger partial charge in [-0.3, -0.25) is 0 Å². The Balaban J connectivity index is 2.74. The molecule has 2 atom stereocenters. The molecule has 6 heteroatoms. The molecule has 0 spiro atoms. The third kappa shape index (κ3) is 3.95. The highest BCUT2D eigenvalue weighted by molar-refractivity contribution is 7.11. The molecule has 2 N–H and O–H groups in total. The molecule has 0 fully saturated rings. The molecule has 0 aliphatic rings. The second-order valence-electron chi connectivity index (χ2n) is 5.67. The van der Waals surface area contributed by atoms with Crippen LogP contribution in [0.3, 0.4) is 0 Å². The normalized spacial score (nSPS) is 16.7. The van der Waals surface area contributed by atoms with Crippen LogP contribution in [0, 0.1) is 11.3 Å². The monoisotopic (exact) mass is 280 g/mol. The molecule has 0 saturated carbocycles. The van der Waals surface area contributed by atoms with E-state index < -0.39 is 11.2 Å². The van der Waals surface area contributed by atoms with Crippen LogP contribution in [0.2, 0.25) is 0 Å². The number of hydrogen-bond donors (Lipinski definition) is 1. The molecular formula is C12H19F3N2S. The van der Waals surface area contributed by atoms with Gasteiger partial charge in [-0.05, 0) is 17.8 Å². The molecule has 2 unspecified atom stereocenters. The van der Waals surface area contributed by atoms with Crippen LogP contribution in [-0.4, -0.2) is 4.98 Å². The van der Waals surface area contributed by atoms with Gasteiger partial charge >= 0.3 is 6.18 Å². The fraction of sp³-hybridized carbons (Fsp3) is 0.750. The van der Waals surface area contributed by atoms with E-state index in [-0.39, 0.29) is 11.5 Å². The molecule has 2 nitrogen and oxygen atoms in total. The quantitative estimate of drug-likeness (QED) is 0.899. The number of halogens is 3. The topological polar surface area (TPSA) is 38.9 Å². The molecule has 0 aromatic carbocycles. The van der Waals surface area contributed by atoms with Crippen LogP contribution in [0.4, 0.5) is 13.2 Å². The van der Waals surface area contributed by atoms with Gasteiger partial charge in [0.1, 0.15) is 0 Å². The highest BCUT2D eigenvalue weighted by Crippen LogP contribution is 2.37. The summed E-state index contributed by atoms with van der Waals surface area (Å²) in [4.78, 5) is 3.89. The zero-order valence-corrected chi connectivity index (χ0v) is 11.8. The van der Waals surface area contributed by atoms with Crippen molar-refractivity contribution in [2.45, 2.75) is 46.3 Å².